The SMILES string of the molecule is CC(C)(C)OC(=O)N1CCCc2cc(B(O)OC(C)(C)C(C)(C)O)ccc21. The van der Waals surface area contributed by atoms with E-state index in [9.17, 15) is 14.9 Å². The van der Waals surface area contributed by atoms with Crippen molar-refractivity contribution in [3.63, 3.8) is 0 Å². The third-order valence-corrected chi connectivity index (χ3v) is 5.00. The molecule has 0 aliphatic carbocycles. The largest absolute Gasteiger partial charge is 0.491 e. The third kappa shape index (κ3) is 5.24. The molecule has 0 fully saturated rings. The van der Waals surface area contributed by atoms with E-state index in [0.717, 1.165) is 24.1 Å². The summed E-state index contributed by atoms with van der Waals surface area (Å²) in [6.45, 7) is 12.9. The maximum Gasteiger partial charge on any atom is 0.491 e. The summed E-state index contributed by atoms with van der Waals surface area (Å²) in [6.07, 6.45) is 1.27. The number of hydrogen-bond donors (Lipinski definition) is 2. The topological polar surface area (TPSA) is 79.2 Å². The van der Waals surface area contributed by atoms with Crippen molar-refractivity contribution in [1.82, 2.24) is 0 Å². The molecule has 0 saturated carbocycles. The van der Waals surface area contributed by atoms with Crippen molar-refractivity contribution < 1.29 is 24.3 Å². The second-order valence-electron chi connectivity index (χ2n) is 9.16. The predicted molar refractivity (Wildman–Crippen MR) is 107 cm³/mol. The van der Waals surface area contributed by atoms with Gasteiger partial charge < -0.3 is 19.5 Å². The lowest BCUT2D eigenvalue weighted by atomic mass is 9.75. The van der Waals surface area contributed by atoms with Gasteiger partial charge >= 0.3 is 13.2 Å². The number of carbonyl (C=O) groups excluding carboxylic acids is 1. The molecule has 0 bridgehead atoms. The number of aliphatic hydroxyl groups is 1. The van der Waals surface area contributed by atoms with Crippen LogP contribution in [0.3, 0.4) is 0 Å². The Morgan fingerprint density at radius 2 is 1.78 bits per heavy atom. The van der Waals surface area contributed by atoms with Crippen molar-refractivity contribution in [3.05, 3.63) is 23.8 Å². The number of fused-ring (bicyclic) bond motifs is 1. The molecule has 2 rings (SSSR count). The number of nitrogens with zero attached hydrogens (tertiary/aromatic N) is 1. The molecule has 1 aliphatic heterocycles. The smallest absolute Gasteiger partial charge is 0.443 e. The van der Waals surface area contributed by atoms with Crippen molar-refractivity contribution in [1.29, 1.82) is 0 Å². The summed E-state index contributed by atoms with van der Waals surface area (Å²) in [6, 6.07) is 5.42. The van der Waals surface area contributed by atoms with Crippen molar-refractivity contribution in [2.24, 2.45) is 0 Å². The maximum atomic E-state index is 12.5. The number of anilines is 1. The molecule has 0 spiro atoms. The minimum absolute atomic E-state index is 0.365. The van der Waals surface area contributed by atoms with E-state index in [0.29, 0.717) is 12.0 Å². The molecule has 2 N–H and O–H groups in total. The minimum Gasteiger partial charge on any atom is -0.443 e. The summed E-state index contributed by atoms with van der Waals surface area (Å²) in [5.41, 5.74) is -0.249. The van der Waals surface area contributed by atoms with Gasteiger partial charge in [-0.1, -0.05) is 12.1 Å². The van der Waals surface area contributed by atoms with Crippen LogP contribution in [0.5, 0.6) is 0 Å². The van der Waals surface area contributed by atoms with Gasteiger partial charge in [0.1, 0.15) is 5.60 Å². The lowest BCUT2D eigenvalue weighted by molar-refractivity contribution is -0.0982. The summed E-state index contributed by atoms with van der Waals surface area (Å²) >= 11 is 0. The Kier molecular flexibility index (Phi) is 6.00. The fraction of sp³-hybridized carbons (Fsp3) is 0.650. The summed E-state index contributed by atoms with van der Waals surface area (Å²) in [5.74, 6) is 0. The quantitative estimate of drug-likeness (QED) is 0.789. The van der Waals surface area contributed by atoms with Crippen LogP contribution in [0, 0.1) is 0 Å². The average Bonchev–Trinajstić information content (AvgIpc) is 2.50. The fourth-order valence-electron chi connectivity index (χ4n) is 2.77. The van der Waals surface area contributed by atoms with Crippen molar-refractivity contribution in [2.45, 2.75) is 78.1 Å². The van der Waals surface area contributed by atoms with Gasteiger partial charge in [0.05, 0.1) is 16.9 Å². The predicted octanol–water partition coefficient (Wildman–Crippen LogP) is 2.63. The first-order chi connectivity index (χ1) is 12.2. The second-order valence-corrected chi connectivity index (χ2v) is 9.16. The Morgan fingerprint density at radius 1 is 1.15 bits per heavy atom. The molecule has 1 aliphatic rings. The van der Waals surface area contributed by atoms with Crippen LogP contribution in [0.15, 0.2) is 18.2 Å². The van der Waals surface area contributed by atoms with E-state index in [1.165, 1.54) is 0 Å². The molecule has 27 heavy (non-hydrogen) atoms. The van der Waals surface area contributed by atoms with Crippen LogP contribution in [0.2, 0.25) is 0 Å². The molecule has 1 amide bonds. The van der Waals surface area contributed by atoms with E-state index in [-0.39, 0.29) is 6.09 Å². The van der Waals surface area contributed by atoms with Gasteiger partial charge in [-0.2, -0.15) is 0 Å². The number of benzene rings is 1. The molecule has 0 saturated heterocycles. The zero-order valence-electron chi connectivity index (χ0n) is 17.5. The van der Waals surface area contributed by atoms with Crippen LogP contribution < -0.4 is 10.4 Å². The first kappa shape index (κ1) is 21.7. The molecule has 1 aromatic carbocycles. The molecule has 0 aromatic heterocycles. The van der Waals surface area contributed by atoms with Crippen LogP contribution in [-0.4, -0.2) is 46.7 Å². The summed E-state index contributed by atoms with van der Waals surface area (Å²) in [4.78, 5) is 14.1. The monoisotopic (exact) mass is 377 g/mol. The Balaban J connectivity index is 2.22. The van der Waals surface area contributed by atoms with E-state index in [2.05, 4.69) is 0 Å². The first-order valence-corrected chi connectivity index (χ1v) is 9.43. The van der Waals surface area contributed by atoms with Gasteiger partial charge in [0, 0.05) is 6.54 Å². The zero-order valence-corrected chi connectivity index (χ0v) is 17.5. The van der Waals surface area contributed by atoms with E-state index in [4.69, 9.17) is 9.39 Å². The minimum atomic E-state index is -1.17. The summed E-state index contributed by atoms with van der Waals surface area (Å²) in [7, 11) is -1.17. The number of aryl methyl sites for hydroxylation is 1. The van der Waals surface area contributed by atoms with Crippen LogP contribution in [0.4, 0.5) is 10.5 Å². The van der Waals surface area contributed by atoms with Crippen LogP contribution in [0.25, 0.3) is 0 Å². The number of rotatable bonds is 4. The highest BCUT2D eigenvalue weighted by molar-refractivity contribution is 6.60. The van der Waals surface area contributed by atoms with E-state index in [1.54, 1.807) is 38.7 Å². The Labute approximate surface area is 162 Å². The Bertz CT molecular complexity index is 691. The highest BCUT2D eigenvalue weighted by Crippen LogP contribution is 2.29. The average molecular weight is 377 g/mol. The van der Waals surface area contributed by atoms with Crippen molar-refractivity contribution in [3.8, 4) is 0 Å². The molecule has 1 heterocycles. The highest BCUT2D eigenvalue weighted by atomic mass is 16.6. The molecular weight excluding hydrogens is 345 g/mol. The van der Waals surface area contributed by atoms with Crippen molar-refractivity contribution >= 4 is 24.4 Å². The number of ether oxygens (including phenoxy) is 1. The lowest BCUT2D eigenvalue weighted by Gasteiger charge is -2.38. The summed E-state index contributed by atoms with van der Waals surface area (Å²) < 4.78 is 11.2. The Morgan fingerprint density at radius 3 is 2.33 bits per heavy atom. The second kappa shape index (κ2) is 7.45. The van der Waals surface area contributed by atoms with Gasteiger partial charge in [0.15, 0.2) is 0 Å². The van der Waals surface area contributed by atoms with Crippen molar-refractivity contribution in [2.75, 3.05) is 11.4 Å². The summed E-state index contributed by atoms with van der Waals surface area (Å²) in [5, 5.41) is 20.7. The van der Waals surface area contributed by atoms with E-state index in [1.807, 2.05) is 32.9 Å². The number of carbonyl (C=O) groups is 1. The molecule has 150 valence electrons. The molecular formula is C20H32BNO5. The number of hydrogen-bond acceptors (Lipinski definition) is 5. The van der Waals surface area contributed by atoms with E-state index < -0.39 is 23.9 Å². The normalized spacial score (nSPS) is 15.4. The van der Waals surface area contributed by atoms with Crippen LogP contribution >= 0.6 is 0 Å². The third-order valence-electron chi connectivity index (χ3n) is 5.00. The van der Waals surface area contributed by atoms with Crippen LogP contribution in [0.1, 0.15) is 60.5 Å². The fourth-order valence-corrected chi connectivity index (χ4v) is 2.77. The lowest BCUT2D eigenvalue weighted by Crippen LogP contribution is -2.53. The van der Waals surface area contributed by atoms with Gasteiger partial charge in [-0.05, 0) is 78.4 Å². The van der Waals surface area contributed by atoms with E-state index >= 15 is 0 Å². The van der Waals surface area contributed by atoms with Gasteiger partial charge in [0.25, 0.3) is 0 Å². The zero-order chi connectivity index (χ0) is 20.6. The molecule has 7 heteroatoms. The molecule has 0 atom stereocenters. The molecule has 0 radical (unpaired) electrons. The molecule has 6 nitrogen and oxygen atoms in total. The van der Waals surface area contributed by atoms with Gasteiger partial charge in [-0.3, -0.25) is 4.90 Å². The Hall–Kier alpha value is -1.57. The van der Waals surface area contributed by atoms with Gasteiger partial charge in [-0.25, -0.2) is 4.79 Å². The maximum absolute atomic E-state index is 12.5. The van der Waals surface area contributed by atoms with Crippen LogP contribution in [-0.2, 0) is 15.8 Å². The highest BCUT2D eigenvalue weighted by Gasteiger charge is 2.39. The first-order valence-electron chi connectivity index (χ1n) is 9.43. The molecule has 1 aromatic rings. The molecule has 0 unspecified atom stereocenters. The number of amides is 1. The van der Waals surface area contributed by atoms with Gasteiger partial charge in [-0.15, -0.1) is 0 Å². The van der Waals surface area contributed by atoms with Gasteiger partial charge in [0.2, 0.25) is 0 Å². The standard InChI is InChI=1S/C20H32BNO5/c1-18(2,3)26-17(23)22-12-8-9-14-13-15(10-11-16(14)22)21(25)27-20(6,7)19(4,5)24/h10-11,13,24-25H,8-9,12H2,1-7H3.